The van der Waals surface area contributed by atoms with E-state index < -0.39 is 0 Å². The van der Waals surface area contributed by atoms with Crippen molar-refractivity contribution in [3.05, 3.63) is 79.3 Å². The van der Waals surface area contributed by atoms with Crippen LogP contribution in [0.5, 0.6) is 0 Å². The van der Waals surface area contributed by atoms with Gasteiger partial charge in [-0.15, -0.1) is 0 Å². The summed E-state index contributed by atoms with van der Waals surface area (Å²) in [6.45, 7) is 0. The lowest BCUT2D eigenvalue weighted by Crippen LogP contribution is -1.83. The lowest BCUT2D eigenvalue weighted by Gasteiger charge is -2.04. The quantitative estimate of drug-likeness (QED) is 0.551. The summed E-state index contributed by atoms with van der Waals surface area (Å²) in [6, 6.07) is 20.9. The summed E-state index contributed by atoms with van der Waals surface area (Å²) in [5.41, 5.74) is 5.80. The molecule has 2 nitrogen and oxygen atoms in total. The molecule has 0 fully saturated rings. The predicted octanol–water partition coefficient (Wildman–Crippen LogP) is 4.90. The summed E-state index contributed by atoms with van der Waals surface area (Å²) in [4.78, 5) is 7.73. The predicted molar refractivity (Wildman–Crippen MR) is 87.0 cm³/mol. The molecule has 0 aliphatic carbocycles. The lowest BCUT2D eigenvalue weighted by molar-refractivity contribution is 1.33. The Bertz CT molecular complexity index is 892. The Morgan fingerprint density at radius 2 is 1.48 bits per heavy atom. The van der Waals surface area contributed by atoms with E-state index in [1.165, 1.54) is 16.5 Å². The molecule has 4 aromatic rings. The van der Waals surface area contributed by atoms with Gasteiger partial charge in [0.15, 0.2) is 0 Å². The number of pyridine rings is 1. The van der Waals surface area contributed by atoms with Crippen LogP contribution >= 0.6 is 0 Å². The van der Waals surface area contributed by atoms with E-state index in [0.717, 1.165) is 16.6 Å². The molecule has 0 atom stereocenters. The fourth-order valence-corrected chi connectivity index (χ4v) is 2.69. The van der Waals surface area contributed by atoms with Gasteiger partial charge in [-0.1, -0.05) is 48.5 Å². The van der Waals surface area contributed by atoms with Gasteiger partial charge in [-0.3, -0.25) is 4.98 Å². The fourth-order valence-electron chi connectivity index (χ4n) is 2.69. The van der Waals surface area contributed by atoms with Crippen LogP contribution in [-0.4, -0.2) is 9.97 Å². The summed E-state index contributed by atoms with van der Waals surface area (Å²) in [5.74, 6) is 0. The van der Waals surface area contributed by atoms with Gasteiger partial charge in [0.05, 0.1) is 0 Å². The van der Waals surface area contributed by atoms with Crippen molar-refractivity contribution in [2.24, 2.45) is 0 Å². The van der Waals surface area contributed by atoms with Crippen molar-refractivity contribution in [2.75, 3.05) is 0 Å². The lowest BCUT2D eigenvalue weighted by atomic mass is 10.0. The molecule has 2 aromatic heterocycles. The number of para-hydroxylation sites is 1. The first-order valence-electron chi connectivity index (χ1n) is 6.99. The third kappa shape index (κ3) is 2.11. The first-order valence-corrected chi connectivity index (χ1v) is 6.99. The molecule has 0 amide bonds. The maximum absolute atomic E-state index is 4.41. The number of benzene rings is 2. The molecule has 0 aliphatic rings. The van der Waals surface area contributed by atoms with E-state index in [4.69, 9.17) is 0 Å². The van der Waals surface area contributed by atoms with Gasteiger partial charge >= 0.3 is 0 Å². The van der Waals surface area contributed by atoms with Crippen molar-refractivity contribution in [2.45, 2.75) is 0 Å². The summed E-state index contributed by atoms with van der Waals surface area (Å²) >= 11 is 0. The fraction of sp³-hybridized carbons (Fsp3) is 0. The van der Waals surface area contributed by atoms with Gasteiger partial charge in [-0.05, 0) is 17.7 Å². The molecule has 100 valence electrons. The van der Waals surface area contributed by atoms with Crippen LogP contribution in [0, 0.1) is 0 Å². The Labute approximate surface area is 123 Å². The minimum absolute atomic E-state index is 1.13. The van der Waals surface area contributed by atoms with Gasteiger partial charge in [0, 0.05) is 46.2 Å². The van der Waals surface area contributed by atoms with Crippen LogP contribution in [0.4, 0.5) is 0 Å². The molecule has 2 aromatic carbocycles. The molecule has 0 spiro atoms. The molecule has 0 saturated carbocycles. The number of H-pyrrole nitrogens is 1. The number of rotatable bonds is 2. The number of nitrogens with one attached hydrogen (secondary N) is 1. The zero-order chi connectivity index (χ0) is 14.1. The summed E-state index contributed by atoms with van der Waals surface area (Å²) in [7, 11) is 0. The number of hydrogen-bond acceptors (Lipinski definition) is 1. The second-order valence-electron chi connectivity index (χ2n) is 5.08. The molecule has 0 radical (unpaired) electrons. The summed E-state index contributed by atoms with van der Waals surface area (Å²) in [5, 5.41) is 1.23. The molecular weight excluding hydrogens is 256 g/mol. The van der Waals surface area contributed by atoms with Gasteiger partial charge in [0.2, 0.25) is 0 Å². The average molecular weight is 270 g/mol. The third-order valence-electron chi connectivity index (χ3n) is 3.75. The number of fused-ring (bicyclic) bond motifs is 1. The van der Waals surface area contributed by atoms with Crippen molar-refractivity contribution >= 4 is 10.9 Å². The number of hydrogen-bond donors (Lipinski definition) is 1. The normalized spacial score (nSPS) is 10.9. The minimum atomic E-state index is 1.13. The van der Waals surface area contributed by atoms with Crippen molar-refractivity contribution in [3.8, 4) is 22.3 Å². The second-order valence-corrected chi connectivity index (χ2v) is 5.08. The molecule has 1 N–H and O–H groups in total. The Balaban J connectivity index is 1.87. The van der Waals surface area contributed by atoms with E-state index in [9.17, 15) is 0 Å². The summed E-state index contributed by atoms with van der Waals surface area (Å²) < 4.78 is 0. The Hall–Kier alpha value is -2.87. The number of aromatic nitrogens is 2. The maximum Gasteiger partial charge on any atom is 0.0460 e. The van der Waals surface area contributed by atoms with E-state index >= 15 is 0 Å². The smallest absolute Gasteiger partial charge is 0.0460 e. The molecule has 2 heterocycles. The molecule has 4 rings (SSSR count). The van der Waals surface area contributed by atoms with Crippen molar-refractivity contribution in [1.29, 1.82) is 0 Å². The Kier molecular flexibility index (Phi) is 2.79. The minimum Gasteiger partial charge on any atom is -0.361 e. The number of nitrogens with zero attached hydrogens (tertiary/aromatic N) is 1. The molecular formula is C19H14N2. The highest BCUT2D eigenvalue weighted by Crippen LogP contribution is 2.30. The average Bonchev–Trinajstić information content (AvgIpc) is 3.00. The topological polar surface area (TPSA) is 28.7 Å². The van der Waals surface area contributed by atoms with Gasteiger partial charge in [-0.2, -0.15) is 0 Å². The SMILES string of the molecule is c1ccc(-c2cncc(-c3c[nH]c4ccccc34)c2)cc1. The highest BCUT2D eigenvalue weighted by atomic mass is 14.7. The highest BCUT2D eigenvalue weighted by Gasteiger charge is 2.07. The van der Waals surface area contributed by atoms with Crippen molar-refractivity contribution in [1.82, 2.24) is 9.97 Å². The Morgan fingerprint density at radius 3 is 2.38 bits per heavy atom. The zero-order valence-electron chi connectivity index (χ0n) is 11.5. The molecule has 0 bridgehead atoms. The third-order valence-corrected chi connectivity index (χ3v) is 3.75. The van der Waals surface area contributed by atoms with Crippen LogP contribution in [-0.2, 0) is 0 Å². The highest BCUT2D eigenvalue weighted by molar-refractivity contribution is 5.95. The zero-order valence-corrected chi connectivity index (χ0v) is 11.5. The van der Waals surface area contributed by atoms with Gasteiger partial charge in [-0.25, -0.2) is 0 Å². The van der Waals surface area contributed by atoms with E-state index in [0.29, 0.717) is 0 Å². The van der Waals surface area contributed by atoms with Crippen LogP contribution in [0.3, 0.4) is 0 Å². The molecule has 0 unspecified atom stereocenters. The largest absolute Gasteiger partial charge is 0.361 e. The standard InChI is InChI=1S/C19H14N2/c1-2-6-14(7-3-1)15-10-16(12-20-11-15)18-13-21-19-9-5-4-8-17(18)19/h1-13,21H. The number of aromatic amines is 1. The van der Waals surface area contributed by atoms with Crippen molar-refractivity contribution in [3.63, 3.8) is 0 Å². The Morgan fingerprint density at radius 1 is 0.714 bits per heavy atom. The van der Waals surface area contributed by atoms with Crippen LogP contribution in [0.1, 0.15) is 0 Å². The maximum atomic E-state index is 4.41. The van der Waals surface area contributed by atoms with Gasteiger partial charge in [0.25, 0.3) is 0 Å². The molecule has 0 saturated heterocycles. The first kappa shape index (κ1) is 11.9. The van der Waals surface area contributed by atoms with Gasteiger partial charge in [0.1, 0.15) is 0 Å². The van der Waals surface area contributed by atoms with E-state index in [1.54, 1.807) is 0 Å². The molecule has 2 heteroatoms. The van der Waals surface area contributed by atoms with E-state index in [1.807, 2.05) is 36.7 Å². The summed E-state index contributed by atoms with van der Waals surface area (Å²) in [6.07, 6.45) is 5.88. The monoisotopic (exact) mass is 270 g/mol. The molecule has 21 heavy (non-hydrogen) atoms. The van der Waals surface area contributed by atoms with Crippen LogP contribution in [0.15, 0.2) is 79.3 Å². The van der Waals surface area contributed by atoms with Gasteiger partial charge < -0.3 is 4.98 Å². The van der Waals surface area contributed by atoms with Crippen molar-refractivity contribution < 1.29 is 0 Å². The van der Waals surface area contributed by atoms with E-state index in [2.05, 4.69) is 52.6 Å². The second kappa shape index (κ2) is 4.91. The van der Waals surface area contributed by atoms with Crippen LogP contribution in [0.25, 0.3) is 33.2 Å². The van der Waals surface area contributed by atoms with Crippen LogP contribution in [0.2, 0.25) is 0 Å². The molecule has 0 aliphatic heterocycles. The van der Waals surface area contributed by atoms with Crippen LogP contribution < -0.4 is 0 Å². The van der Waals surface area contributed by atoms with E-state index in [-0.39, 0.29) is 0 Å². The first-order chi connectivity index (χ1) is 10.4.